The molecule has 3 nitrogen and oxygen atoms in total. The van der Waals surface area contributed by atoms with Crippen molar-refractivity contribution in [1.82, 2.24) is 4.98 Å². The summed E-state index contributed by atoms with van der Waals surface area (Å²) >= 11 is 1.86. The fraction of sp³-hybridized carbons (Fsp3) is 0.312. The molecule has 0 saturated carbocycles. The van der Waals surface area contributed by atoms with E-state index in [1.54, 1.807) is 6.20 Å². The first-order chi connectivity index (χ1) is 9.88. The highest BCUT2D eigenvalue weighted by Gasteiger charge is 2.28. The van der Waals surface area contributed by atoms with Gasteiger partial charge in [0.1, 0.15) is 0 Å². The number of thioether (sulfide) groups is 1. The Morgan fingerprint density at radius 2 is 2.15 bits per heavy atom. The second-order valence-electron chi connectivity index (χ2n) is 4.82. The van der Waals surface area contributed by atoms with Gasteiger partial charge in [0.05, 0.1) is 16.5 Å². The van der Waals surface area contributed by atoms with Crippen LogP contribution in [0.25, 0.3) is 4.91 Å². The zero-order valence-corrected chi connectivity index (χ0v) is 12.3. The van der Waals surface area contributed by atoms with Gasteiger partial charge < -0.3 is 9.32 Å². The Hall–Kier alpha value is -1.68. The lowest BCUT2D eigenvalue weighted by Gasteiger charge is -2.24. The van der Waals surface area contributed by atoms with Crippen molar-refractivity contribution in [3.63, 3.8) is 0 Å². The van der Waals surface area contributed by atoms with Gasteiger partial charge in [-0.05, 0) is 18.6 Å². The number of oxazole rings is 1. The molecule has 0 fully saturated rings. The summed E-state index contributed by atoms with van der Waals surface area (Å²) in [6.07, 6.45) is 9.08. The molecule has 0 bridgehead atoms. The summed E-state index contributed by atoms with van der Waals surface area (Å²) in [5, 5.41) is 0.442. The van der Waals surface area contributed by atoms with Crippen LogP contribution in [0.5, 0.6) is 0 Å². The Morgan fingerprint density at radius 1 is 1.30 bits per heavy atom. The first-order valence-electron chi connectivity index (χ1n) is 6.99. The zero-order valence-electron chi connectivity index (χ0n) is 11.5. The minimum absolute atomic E-state index is 0.442. The number of para-hydroxylation sites is 1. The Bertz CT molecular complexity index is 565. The standard InChI is InChI=1S/C16H18N2OS/c1-2-3-9-16-18(13-7-5-4-6-8-13)11-15(20-16)14-10-17-12-19-14/h4-8,10-12,16H,2-3,9H2,1H3. The molecule has 20 heavy (non-hydrogen) atoms. The molecule has 1 aromatic carbocycles. The van der Waals surface area contributed by atoms with Crippen LogP contribution in [0, 0.1) is 0 Å². The smallest absolute Gasteiger partial charge is 0.181 e. The highest BCUT2D eigenvalue weighted by Crippen LogP contribution is 2.43. The molecular weight excluding hydrogens is 268 g/mol. The number of nitrogens with zero attached hydrogens (tertiary/aromatic N) is 2. The van der Waals surface area contributed by atoms with Crippen molar-refractivity contribution in [3.8, 4) is 0 Å². The summed E-state index contributed by atoms with van der Waals surface area (Å²) < 4.78 is 5.43. The molecule has 2 aromatic rings. The van der Waals surface area contributed by atoms with E-state index in [4.69, 9.17) is 4.42 Å². The van der Waals surface area contributed by atoms with Gasteiger partial charge in [-0.2, -0.15) is 0 Å². The van der Waals surface area contributed by atoms with Gasteiger partial charge in [-0.15, -0.1) is 0 Å². The van der Waals surface area contributed by atoms with Crippen LogP contribution in [0.2, 0.25) is 0 Å². The van der Waals surface area contributed by atoms with Gasteiger partial charge in [-0.25, -0.2) is 4.98 Å². The highest BCUT2D eigenvalue weighted by atomic mass is 32.2. The van der Waals surface area contributed by atoms with Gasteiger partial charge in [0.2, 0.25) is 0 Å². The summed E-state index contributed by atoms with van der Waals surface area (Å²) in [5.41, 5.74) is 1.23. The molecule has 0 saturated heterocycles. The molecule has 1 atom stereocenters. The first-order valence-corrected chi connectivity index (χ1v) is 7.87. The maximum Gasteiger partial charge on any atom is 0.181 e. The van der Waals surface area contributed by atoms with Gasteiger partial charge in [-0.1, -0.05) is 49.7 Å². The number of rotatable bonds is 5. The predicted octanol–water partition coefficient (Wildman–Crippen LogP) is 4.74. The molecule has 4 heteroatoms. The van der Waals surface area contributed by atoms with Crippen molar-refractivity contribution in [2.75, 3.05) is 4.90 Å². The number of anilines is 1. The molecule has 1 aliphatic heterocycles. The summed E-state index contributed by atoms with van der Waals surface area (Å²) in [6, 6.07) is 10.5. The van der Waals surface area contributed by atoms with E-state index in [1.165, 1.54) is 31.3 Å². The molecule has 1 unspecified atom stereocenters. The molecule has 2 heterocycles. The Morgan fingerprint density at radius 3 is 2.85 bits per heavy atom. The van der Waals surface area contributed by atoms with Crippen LogP contribution in [0.15, 0.2) is 53.5 Å². The van der Waals surface area contributed by atoms with Crippen molar-refractivity contribution >= 4 is 22.4 Å². The second-order valence-corrected chi connectivity index (χ2v) is 6.04. The largest absolute Gasteiger partial charge is 0.443 e. The summed E-state index contributed by atoms with van der Waals surface area (Å²) in [4.78, 5) is 7.52. The van der Waals surface area contributed by atoms with Gasteiger partial charge >= 0.3 is 0 Å². The maximum atomic E-state index is 5.43. The fourth-order valence-corrected chi connectivity index (χ4v) is 3.59. The van der Waals surface area contributed by atoms with E-state index in [1.807, 2.05) is 11.8 Å². The van der Waals surface area contributed by atoms with Gasteiger partial charge in [0, 0.05) is 11.9 Å². The lowest BCUT2D eigenvalue weighted by Crippen LogP contribution is -2.23. The molecule has 104 valence electrons. The highest BCUT2D eigenvalue weighted by molar-refractivity contribution is 8.09. The van der Waals surface area contributed by atoms with E-state index < -0.39 is 0 Å². The third-order valence-corrected chi connectivity index (χ3v) is 4.66. The van der Waals surface area contributed by atoms with Crippen molar-refractivity contribution in [3.05, 3.63) is 54.9 Å². The molecule has 0 amide bonds. The van der Waals surface area contributed by atoms with Crippen molar-refractivity contribution in [2.45, 2.75) is 31.6 Å². The average molecular weight is 286 g/mol. The summed E-state index contributed by atoms with van der Waals surface area (Å²) in [6.45, 7) is 2.23. The first kappa shape index (κ1) is 13.3. The molecular formula is C16H18N2OS. The van der Waals surface area contributed by atoms with Crippen molar-refractivity contribution < 1.29 is 4.42 Å². The van der Waals surface area contributed by atoms with Gasteiger partial charge in [0.15, 0.2) is 12.2 Å². The Kier molecular flexibility index (Phi) is 4.11. The number of hydrogen-bond acceptors (Lipinski definition) is 4. The topological polar surface area (TPSA) is 29.3 Å². The Balaban J connectivity index is 1.86. The minimum atomic E-state index is 0.442. The summed E-state index contributed by atoms with van der Waals surface area (Å²) in [5.74, 6) is 0.856. The van der Waals surface area contributed by atoms with E-state index >= 15 is 0 Å². The minimum Gasteiger partial charge on any atom is -0.443 e. The fourth-order valence-electron chi connectivity index (χ4n) is 2.32. The van der Waals surface area contributed by atoms with E-state index in [9.17, 15) is 0 Å². The van der Waals surface area contributed by atoms with E-state index in [0.29, 0.717) is 5.37 Å². The Labute approximate surface area is 123 Å². The van der Waals surface area contributed by atoms with Gasteiger partial charge in [-0.3, -0.25) is 0 Å². The van der Waals surface area contributed by atoms with E-state index in [-0.39, 0.29) is 0 Å². The molecule has 1 aliphatic rings. The van der Waals surface area contributed by atoms with Crippen LogP contribution in [0.4, 0.5) is 5.69 Å². The average Bonchev–Trinajstić information content (AvgIpc) is 3.15. The third kappa shape index (κ3) is 2.75. The molecule has 0 N–H and O–H groups in total. The van der Waals surface area contributed by atoms with E-state index in [0.717, 1.165) is 10.7 Å². The van der Waals surface area contributed by atoms with Crippen LogP contribution >= 0.6 is 11.8 Å². The van der Waals surface area contributed by atoms with E-state index in [2.05, 4.69) is 53.3 Å². The van der Waals surface area contributed by atoms with Crippen LogP contribution in [0.1, 0.15) is 31.9 Å². The monoisotopic (exact) mass is 286 g/mol. The van der Waals surface area contributed by atoms with Crippen LogP contribution in [-0.4, -0.2) is 10.4 Å². The number of aromatic nitrogens is 1. The zero-order chi connectivity index (χ0) is 13.8. The number of benzene rings is 1. The lowest BCUT2D eigenvalue weighted by molar-refractivity contribution is 0.547. The maximum absolute atomic E-state index is 5.43. The van der Waals surface area contributed by atoms with Gasteiger partial charge in [0.25, 0.3) is 0 Å². The van der Waals surface area contributed by atoms with Crippen molar-refractivity contribution in [2.24, 2.45) is 0 Å². The molecule has 3 rings (SSSR count). The van der Waals surface area contributed by atoms with Crippen LogP contribution in [0.3, 0.4) is 0 Å². The van der Waals surface area contributed by atoms with Crippen molar-refractivity contribution in [1.29, 1.82) is 0 Å². The number of hydrogen-bond donors (Lipinski definition) is 0. The third-order valence-electron chi connectivity index (χ3n) is 3.36. The number of unbranched alkanes of at least 4 members (excludes halogenated alkanes) is 1. The second kappa shape index (κ2) is 6.18. The molecule has 0 radical (unpaired) electrons. The molecule has 0 aliphatic carbocycles. The predicted molar refractivity (Wildman–Crippen MR) is 84.3 cm³/mol. The summed E-state index contributed by atoms with van der Waals surface area (Å²) in [7, 11) is 0. The quantitative estimate of drug-likeness (QED) is 0.793. The van der Waals surface area contributed by atoms with Crippen LogP contribution < -0.4 is 4.90 Å². The lowest BCUT2D eigenvalue weighted by atomic mass is 10.2. The molecule has 1 aromatic heterocycles. The molecule has 0 spiro atoms. The normalized spacial score (nSPS) is 18.4. The SMILES string of the molecule is CCCCC1SC(c2cnco2)=CN1c1ccccc1. The van der Waals surface area contributed by atoms with Crippen LogP contribution in [-0.2, 0) is 0 Å².